The van der Waals surface area contributed by atoms with Crippen LogP contribution in [0.25, 0.3) is 11.1 Å². The molecule has 0 aliphatic carbocycles. The molecule has 3 nitrogen and oxygen atoms in total. The van der Waals surface area contributed by atoms with Gasteiger partial charge in [0.05, 0.1) is 12.7 Å². The topological polar surface area (TPSA) is 48.1 Å². The molecular weight excluding hydrogens is 248 g/mol. The maximum Gasteiger partial charge on any atom is 0.0955 e. The Kier molecular flexibility index (Phi) is 3.97. The second-order valence-electron chi connectivity index (χ2n) is 4.15. The molecule has 0 saturated heterocycles. The van der Waals surface area contributed by atoms with Crippen LogP contribution >= 0.6 is 12.4 Å². The molecule has 1 aromatic heterocycles. The molecular formula is C14H15ClN2O. The van der Waals surface area contributed by atoms with Crippen LogP contribution in [0.4, 0.5) is 0 Å². The van der Waals surface area contributed by atoms with Gasteiger partial charge < -0.3 is 10.5 Å². The van der Waals surface area contributed by atoms with Crippen LogP contribution in [0.3, 0.4) is 0 Å². The lowest BCUT2D eigenvalue weighted by Crippen LogP contribution is -2.10. The van der Waals surface area contributed by atoms with E-state index in [-0.39, 0.29) is 18.5 Å². The largest absolute Gasteiger partial charge is 0.367 e. The summed E-state index contributed by atoms with van der Waals surface area (Å²) in [6, 6.07) is 10.3. The van der Waals surface area contributed by atoms with Gasteiger partial charge in [0.15, 0.2) is 0 Å². The van der Waals surface area contributed by atoms with Crippen LogP contribution < -0.4 is 5.73 Å². The van der Waals surface area contributed by atoms with E-state index in [0.29, 0.717) is 13.2 Å². The summed E-state index contributed by atoms with van der Waals surface area (Å²) in [7, 11) is 0. The van der Waals surface area contributed by atoms with Crippen molar-refractivity contribution in [1.29, 1.82) is 0 Å². The first-order valence-electron chi connectivity index (χ1n) is 5.74. The van der Waals surface area contributed by atoms with E-state index in [0.717, 1.165) is 5.56 Å². The van der Waals surface area contributed by atoms with E-state index in [1.54, 1.807) is 6.20 Å². The predicted molar refractivity (Wildman–Crippen MR) is 73.5 cm³/mol. The van der Waals surface area contributed by atoms with Gasteiger partial charge in [-0.2, -0.15) is 0 Å². The zero-order valence-electron chi connectivity index (χ0n) is 9.87. The van der Waals surface area contributed by atoms with Gasteiger partial charge in [-0.1, -0.05) is 24.3 Å². The molecule has 0 radical (unpaired) electrons. The summed E-state index contributed by atoms with van der Waals surface area (Å²) in [6.07, 6.45) is 3.71. The third-order valence-electron chi connectivity index (χ3n) is 3.17. The lowest BCUT2D eigenvalue weighted by atomic mass is 9.96. The smallest absolute Gasteiger partial charge is 0.0955 e. The molecule has 2 heterocycles. The van der Waals surface area contributed by atoms with Crippen molar-refractivity contribution in [2.45, 2.75) is 12.7 Å². The minimum Gasteiger partial charge on any atom is -0.367 e. The van der Waals surface area contributed by atoms with E-state index in [4.69, 9.17) is 10.5 Å². The third kappa shape index (κ3) is 2.12. The number of benzene rings is 1. The molecule has 4 heteroatoms. The summed E-state index contributed by atoms with van der Waals surface area (Å²) in [5, 5.41) is 0. The Bertz CT molecular complexity index is 531. The average Bonchev–Trinajstić information content (AvgIpc) is 2.82. The summed E-state index contributed by atoms with van der Waals surface area (Å²) < 4.78 is 5.69. The molecule has 1 atom stereocenters. The summed E-state index contributed by atoms with van der Waals surface area (Å²) in [5.41, 5.74) is 10.5. The number of rotatable bonds is 2. The van der Waals surface area contributed by atoms with Crippen molar-refractivity contribution < 1.29 is 4.74 Å². The molecule has 0 bridgehead atoms. The number of nitrogens with two attached hydrogens (primary N) is 1. The Balaban J connectivity index is 0.00000120. The van der Waals surface area contributed by atoms with Crippen molar-refractivity contribution in [2.75, 3.05) is 6.54 Å². The van der Waals surface area contributed by atoms with Crippen molar-refractivity contribution >= 4 is 12.4 Å². The fourth-order valence-corrected chi connectivity index (χ4v) is 2.33. The minimum absolute atomic E-state index is 0. The first-order valence-corrected chi connectivity index (χ1v) is 5.74. The van der Waals surface area contributed by atoms with Crippen molar-refractivity contribution in [3.05, 3.63) is 53.9 Å². The van der Waals surface area contributed by atoms with Gasteiger partial charge in [0, 0.05) is 24.5 Å². The number of halogens is 1. The average molecular weight is 263 g/mol. The first kappa shape index (κ1) is 13.0. The van der Waals surface area contributed by atoms with Crippen LogP contribution in [0.1, 0.15) is 17.2 Å². The fourth-order valence-electron chi connectivity index (χ4n) is 2.33. The Morgan fingerprint density at radius 1 is 1.28 bits per heavy atom. The van der Waals surface area contributed by atoms with Gasteiger partial charge >= 0.3 is 0 Å². The molecule has 0 amide bonds. The van der Waals surface area contributed by atoms with Crippen LogP contribution in [0, 0.1) is 0 Å². The number of fused-ring (bicyclic) bond motifs is 1. The SMILES string of the molecule is Cl.NC[C@@H]1OCc2c(-c3cccnc3)cccc21. The highest BCUT2D eigenvalue weighted by Crippen LogP contribution is 2.36. The Labute approximate surface area is 112 Å². The predicted octanol–water partition coefficient (Wildman–Crippen LogP) is 2.70. The fraction of sp³-hybridized carbons (Fsp3) is 0.214. The van der Waals surface area contributed by atoms with E-state index in [9.17, 15) is 0 Å². The van der Waals surface area contributed by atoms with E-state index in [1.807, 2.05) is 12.3 Å². The Hall–Kier alpha value is -1.42. The Morgan fingerprint density at radius 3 is 2.89 bits per heavy atom. The lowest BCUT2D eigenvalue weighted by Gasteiger charge is -2.09. The Morgan fingerprint density at radius 2 is 2.17 bits per heavy atom. The number of aromatic nitrogens is 1. The summed E-state index contributed by atoms with van der Waals surface area (Å²) in [5.74, 6) is 0. The molecule has 94 valence electrons. The number of nitrogens with zero attached hydrogens (tertiary/aromatic N) is 1. The van der Waals surface area contributed by atoms with Gasteiger partial charge in [-0.15, -0.1) is 12.4 Å². The van der Waals surface area contributed by atoms with Gasteiger partial charge in [0.2, 0.25) is 0 Å². The van der Waals surface area contributed by atoms with Crippen LogP contribution in [0.15, 0.2) is 42.7 Å². The van der Waals surface area contributed by atoms with Crippen molar-refractivity contribution in [1.82, 2.24) is 4.98 Å². The van der Waals surface area contributed by atoms with Crippen LogP contribution in [-0.2, 0) is 11.3 Å². The van der Waals surface area contributed by atoms with Gasteiger partial charge in [0.1, 0.15) is 0 Å². The first-order chi connectivity index (χ1) is 8.40. The van der Waals surface area contributed by atoms with E-state index >= 15 is 0 Å². The second kappa shape index (κ2) is 5.48. The second-order valence-corrected chi connectivity index (χ2v) is 4.15. The highest BCUT2D eigenvalue weighted by atomic mass is 35.5. The van der Waals surface area contributed by atoms with E-state index in [1.165, 1.54) is 16.7 Å². The molecule has 0 unspecified atom stereocenters. The summed E-state index contributed by atoms with van der Waals surface area (Å²) >= 11 is 0. The maximum atomic E-state index is 5.70. The molecule has 18 heavy (non-hydrogen) atoms. The number of hydrogen-bond acceptors (Lipinski definition) is 3. The number of hydrogen-bond donors (Lipinski definition) is 1. The molecule has 0 saturated carbocycles. The van der Waals surface area contributed by atoms with Crippen molar-refractivity contribution in [3.8, 4) is 11.1 Å². The van der Waals surface area contributed by atoms with E-state index in [2.05, 4.69) is 29.2 Å². The highest BCUT2D eigenvalue weighted by Gasteiger charge is 2.24. The van der Waals surface area contributed by atoms with Gasteiger partial charge in [-0.05, 0) is 22.8 Å². The monoisotopic (exact) mass is 262 g/mol. The molecule has 2 aromatic rings. The zero-order valence-corrected chi connectivity index (χ0v) is 10.7. The molecule has 1 aliphatic heterocycles. The summed E-state index contributed by atoms with van der Waals surface area (Å²) in [6.45, 7) is 1.17. The van der Waals surface area contributed by atoms with Crippen LogP contribution in [-0.4, -0.2) is 11.5 Å². The third-order valence-corrected chi connectivity index (χ3v) is 3.17. The highest BCUT2D eigenvalue weighted by molar-refractivity contribution is 5.85. The van der Waals surface area contributed by atoms with Crippen LogP contribution in [0.2, 0.25) is 0 Å². The summed E-state index contributed by atoms with van der Waals surface area (Å²) in [4.78, 5) is 4.16. The van der Waals surface area contributed by atoms with Gasteiger partial charge in [0.25, 0.3) is 0 Å². The molecule has 1 aliphatic rings. The van der Waals surface area contributed by atoms with Crippen molar-refractivity contribution in [2.24, 2.45) is 5.73 Å². The zero-order chi connectivity index (χ0) is 11.7. The lowest BCUT2D eigenvalue weighted by molar-refractivity contribution is 0.0725. The minimum atomic E-state index is 0. The quantitative estimate of drug-likeness (QED) is 0.905. The molecule has 2 N–H and O–H groups in total. The maximum absolute atomic E-state index is 5.70. The normalized spacial score (nSPS) is 17.1. The van der Waals surface area contributed by atoms with E-state index < -0.39 is 0 Å². The molecule has 3 rings (SSSR count). The molecule has 1 aromatic carbocycles. The molecule has 0 spiro atoms. The standard InChI is InChI=1S/C14H14N2O.ClH/c15-7-14-12-5-1-4-11(13(12)9-17-14)10-3-2-6-16-8-10;/h1-6,8,14H,7,9,15H2;1H/t14-;/m0./s1. The van der Waals surface area contributed by atoms with Gasteiger partial charge in [-0.25, -0.2) is 0 Å². The number of ether oxygens (including phenoxy) is 1. The van der Waals surface area contributed by atoms with Crippen LogP contribution in [0.5, 0.6) is 0 Å². The van der Waals surface area contributed by atoms with Gasteiger partial charge in [-0.3, -0.25) is 4.98 Å². The van der Waals surface area contributed by atoms with Crippen molar-refractivity contribution in [3.63, 3.8) is 0 Å². The number of pyridine rings is 1. The molecule has 0 fully saturated rings.